The van der Waals surface area contributed by atoms with E-state index in [1.165, 1.54) is 4.90 Å². The monoisotopic (exact) mass is 311 g/mol. The third-order valence-electron chi connectivity index (χ3n) is 3.84. The van der Waals surface area contributed by atoms with Crippen LogP contribution < -0.4 is 4.74 Å². The first-order valence-corrected chi connectivity index (χ1v) is 6.85. The van der Waals surface area contributed by atoms with Crippen LogP contribution in [0.3, 0.4) is 0 Å². The summed E-state index contributed by atoms with van der Waals surface area (Å²) in [5.41, 5.74) is 1.13. The van der Waals surface area contributed by atoms with Crippen LogP contribution >= 0.6 is 15.9 Å². The summed E-state index contributed by atoms with van der Waals surface area (Å²) in [5, 5.41) is 9.13. The lowest BCUT2D eigenvalue weighted by molar-refractivity contribution is 0.152. The lowest BCUT2D eigenvalue weighted by Gasteiger charge is -2.17. The molecule has 1 N–H and O–H groups in total. The molecule has 2 aliphatic heterocycles. The fourth-order valence-electron chi connectivity index (χ4n) is 2.97. The molecule has 1 amide bonds. The molecule has 18 heavy (non-hydrogen) atoms. The number of carbonyl (C=O) groups is 1. The highest BCUT2D eigenvalue weighted by atomic mass is 79.9. The van der Waals surface area contributed by atoms with E-state index in [2.05, 4.69) is 15.9 Å². The van der Waals surface area contributed by atoms with Gasteiger partial charge in [-0.1, -0.05) is 22.0 Å². The second-order valence-electron chi connectivity index (χ2n) is 4.84. The van der Waals surface area contributed by atoms with Gasteiger partial charge in [-0.05, 0) is 24.5 Å². The molecule has 2 atom stereocenters. The van der Waals surface area contributed by atoms with Crippen molar-refractivity contribution < 1.29 is 14.6 Å². The average molecular weight is 312 g/mol. The predicted molar refractivity (Wildman–Crippen MR) is 70.1 cm³/mol. The maximum absolute atomic E-state index is 11.1. The number of likely N-dealkylation sites (tertiary alicyclic amines) is 1. The van der Waals surface area contributed by atoms with Gasteiger partial charge in [0.1, 0.15) is 5.75 Å². The standard InChI is InChI=1S/C13H14BrNO3/c14-10-2-1-3-11-12(10)9-7-15(13(16)17)6-8(9)4-5-18-11/h1-3,8-9H,4-7H2,(H,16,17)/t8-,9-/m0/s1. The molecular weight excluding hydrogens is 298 g/mol. The predicted octanol–water partition coefficient (Wildman–Crippen LogP) is 2.93. The van der Waals surface area contributed by atoms with Gasteiger partial charge in [0.15, 0.2) is 0 Å². The third kappa shape index (κ3) is 1.86. The van der Waals surface area contributed by atoms with Gasteiger partial charge >= 0.3 is 6.09 Å². The Labute approximate surface area is 114 Å². The van der Waals surface area contributed by atoms with E-state index in [-0.39, 0.29) is 5.92 Å². The molecule has 0 bridgehead atoms. The minimum Gasteiger partial charge on any atom is -0.493 e. The van der Waals surface area contributed by atoms with Gasteiger partial charge in [-0.25, -0.2) is 4.79 Å². The topological polar surface area (TPSA) is 49.8 Å². The molecular formula is C13H14BrNO3. The number of carboxylic acid groups (broad SMARTS) is 1. The van der Waals surface area contributed by atoms with E-state index in [0.717, 1.165) is 22.2 Å². The van der Waals surface area contributed by atoms with Crippen LogP contribution in [-0.4, -0.2) is 35.8 Å². The molecule has 3 rings (SSSR count). The average Bonchev–Trinajstić information content (AvgIpc) is 2.66. The van der Waals surface area contributed by atoms with Crippen LogP contribution in [-0.2, 0) is 0 Å². The highest BCUT2D eigenvalue weighted by Crippen LogP contribution is 2.44. The molecule has 4 nitrogen and oxygen atoms in total. The van der Waals surface area contributed by atoms with Crippen molar-refractivity contribution in [3.05, 3.63) is 28.2 Å². The number of fused-ring (bicyclic) bond motifs is 3. The molecule has 0 aliphatic carbocycles. The second kappa shape index (κ2) is 4.46. The molecule has 1 aromatic rings. The largest absolute Gasteiger partial charge is 0.493 e. The van der Waals surface area contributed by atoms with Gasteiger partial charge in [0.2, 0.25) is 0 Å². The molecule has 1 aromatic carbocycles. The lowest BCUT2D eigenvalue weighted by Crippen LogP contribution is -2.27. The van der Waals surface area contributed by atoms with Crippen molar-refractivity contribution in [3.8, 4) is 5.75 Å². The normalized spacial score (nSPS) is 25.9. The summed E-state index contributed by atoms with van der Waals surface area (Å²) in [6.07, 6.45) is 0.0906. The molecule has 0 unspecified atom stereocenters. The first kappa shape index (κ1) is 11.8. The van der Waals surface area contributed by atoms with Crippen molar-refractivity contribution in [1.82, 2.24) is 4.90 Å². The summed E-state index contributed by atoms with van der Waals surface area (Å²) < 4.78 is 6.78. The van der Waals surface area contributed by atoms with Crippen molar-refractivity contribution in [1.29, 1.82) is 0 Å². The highest BCUT2D eigenvalue weighted by Gasteiger charge is 2.39. The molecule has 1 saturated heterocycles. The van der Waals surface area contributed by atoms with Gasteiger partial charge < -0.3 is 14.7 Å². The molecule has 2 aliphatic rings. The zero-order chi connectivity index (χ0) is 12.7. The molecule has 5 heteroatoms. The third-order valence-corrected chi connectivity index (χ3v) is 4.53. The van der Waals surface area contributed by atoms with E-state index in [1.807, 2.05) is 18.2 Å². The lowest BCUT2D eigenvalue weighted by atomic mass is 9.87. The second-order valence-corrected chi connectivity index (χ2v) is 5.70. The van der Waals surface area contributed by atoms with Crippen LogP contribution in [0.5, 0.6) is 5.75 Å². The Balaban J connectivity index is 2.00. The van der Waals surface area contributed by atoms with E-state index in [1.54, 1.807) is 0 Å². The Kier molecular flexibility index (Phi) is 2.93. The molecule has 0 spiro atoms. The van der Waals surface area contributed by atoms with Gasteiger partial charge in [0.05, 0.1) is 6.61 Å². The summed E-state index contributed by atoms with van der Waals surface area (Å²) in [6.45, 7) is 1.85. The SMILES string of the molecule is O=C(O)N1C[C@@H]2CCOc3cccc(Br)c3[C@H]2C1. The summed E-state index contributed by atoms with van der Waals surface area (Å²) >= 11 is 3.56. The van der Waals surface area contributed by atoms with E-state index in [4.69, 9.17) is 9.84 Å². The van der Waals surface area contributed by atoms with Crippen LogP contribution in [0.1, 0.15) is 17.9 Å². The summed E-state index contributed by atoms with van der Waals surface area (Å²) in [4.78, 5) is 12.6. The van der Waals surface area contributed by atoms with Crippen molar-refractivity contribution in [2.75, 3.05) is 19.7 Å². The van der Waals surface area contributed by atoms with E-state index < -0.39 is 6.09 Å². The Morgan fingerprint density at radius 1 is 1.44 bits per heavy atom. The van der Waals surface area contributed by atoms with Gasteiger partial charge in [0.25, 0.3) is 0 Å². The Morgan fingerprint density at radius 2 is 2.28 bits per heavy atom. The maximum atomic E-state index is 11.1. The van der Waals surface area contributed by atoms with Crippen LogP contribution in [0, 0.1) is 5.92 Å². The molecule has 96 valence electrons. The first-order chi connectivity index (χ1) is 8.66. The van der Waals surface area contributed by atoms with E-state index in [9.17, 15) is 4.79 Å². The molecule has 0 saturated carbocycles. The minimum atomic E-state index is -0.822. The zero-order valence-electron chi connectivity index (χ0n) is 9.80. The van der Waals surface area contributed by atoms with Gasteiger partial charge in [-0.3, -0.25) is 0 Å². The van der Waals surface area contributed by atoms with Crippen molar-refractivity contribution >= 4 is 22.0 Å². The number of hydrogen-bond acceptors (Lipinski definition) is 2. The Hall–Kier alpha value is -1.23. The molecule has 0 radical (unpaired) electrons. The number of amides is 1. The van der Waals surface area contributed by atoms with Crippen LogP contribution in [0.15, 0.2) is 22.7 Å². The zero-order valence-corrected chi connectivity index (χ0v) is 11.4. The molecule has 0 aromatic heterocycles. The van der Waals surface area contributed by atoms with Crippen LogP contribution in [0.25, 0.3) is 0 Å². The smallest absolute Gasteiger partial charge is 0.407 e. The van der Waals surface area contributed by atoms with E-state index in [0.29, 0.717) is 25.6 Å². The molecule has 1 fully saturated rings. The fraction of sp³-hybridized carbons (Fsp3) is 0.462. The minimum absolute atomic E-state index is 0.245. The van der Waals surface area contributed by atoms with Crippen molar-refractivity contribution in [2.24, 2.45) is 5.92 Å². The number of nitrogens with zero attached hydrogens (tertiary/aromatic N) is 1. The summed E-state index contributed by atoms with van der Waals surface area (Å²) in [6, 6.07) is 5.91. The number of rotatable bonds is 0. The summed E-state index contributed by atoms with van der Waals surface area (Å²) in [5.74, 6) is 1.50. The van der Waals surface area contributed by atoms with E-state index >= 15 is 0 Å². The first-order valence-electron chi connectivity index (χ1n) is 6.06. The van der Waals surface area contributed by atoms with Crippen molar-refractivity contribution in [2.45, 2.75) is 12.3 Å². The van der Waals surface area contributed by atoms with Gasteiger partial charge in [0, 0.05) is 29.0 Å². The highest BCUT2D eigenvalue weighted by molar-refractivity contribution is 9.10. The number of hydrogen-bond donors (Lipinski definition) is 1. The van der Waals surface area contributed by atoms with Crippen molar-refractivity contribution in [3.63, 3.8) is 0 Å². The van der Waals surface area contributed by atoms with Gasteiger partial charge in [-0.2, -0.15) is 0 Å². The van der Waals surface area contributed by atoms with Crippen LogP contribution in [0.2, 0.25) is 0 Å². The maximum Gasteiger partial charge on any atom is 0.407 e. The fourth-order valence-corrected chi connectivity index (χ4v) is 3.61. The van der Waals surface area contributed by atoms with Crippen LogP contribution in [0.4, 0.5) is 4.79 Å². The Morgan fingerprint density at radius 3 is 3.06 bits per heavy atom. The number of benzene rings is 1. The number of ether oxygens (including phenoxy) is 1. The van der Waals surface area contributed by atoms with Gasteiger partial charge in [-0.15, -0.1) is 0 Å². The molecule has 2 heterocycles. The quantitative estimate of drug-likeness (QED) is 0.801. The Bertz CT molecular complexity index is 491. The summed E-state index contributed by atoms with van der Waals surface area (Å²) in [7, 11) is 0. The number of halogens is 1.